The molecule has 0 atom stereocenters. The van der Waals surface area contributed by atoms with Gasteiger partial charge in [-0.05, 0) is 60.6 Å². The molecule has 8 aromatic rings. The molecule has 0 saturated heterocycles. The van der Waals surface area contributed by atoms with Crippen LogP contribution >= 0.6 is 0 Å². The van der Waals surface area contributed by atoms with Crippen LogP contribution in [0, 0.1) is 0 Å². The molecule has 2 aliphatic rings. The topological polar surface area (TPSA) is 65.0 Å². The Morgan fingerprint density at radius 3 is 1.96 bits per heavy atom. The van der Waals surface area contributed by atoms with Gasteiger partial charge in [-0.3, -0.25) is 0 Å². The number of aromatic nitrogens is 3. The van der Waals surface area contributed by atoms with E-state index in [0.717, 1.165) is 97.1 Å². The zero-order valence-electron chi connectivity index (χ0n) is 27.3. The van der Waals surface area contributed by atoms with Crippen LogP contribution in [0.25, 0.3) is 84.3 Å². The van der Waals surface area contributed by atoms with Crippen molar-refractivity contribution in [3.05, 3.63) is 155 Å². The van der Waals surface area contributed by atoms with Crippen LogP contribution in [0.5, 0.6) is 0 Å². The first-order valence-corrected chi connectivity index (χ1v) is 17.2. The molecule has 0 spiro atoms. The van der Waals surface area contributed by atoms with Crippen LogP contribution in [-0.4, -0.2) is 15.0 Å². The lowest BCUT2D eigenvalue weighted by atomic mass is 9.90. The van der Waals surface area contributed by atoms with Crippen LogP contribution in [0.4, 0.5) is 0 Å². The van der Waals surface area contributed by atoms with Gasteiger partial charge in [0.2, 0.25) is 0 Å². The van der Waals surface area contributed by atoms with Gasteiger partial charge in [-0.25, -0.2) is 15.0 Å². The van der Waals surface area contributed by atoms with Crippen molar-refractivity contribution in [2.75, 3.05) is 0 Å². The minimum absolute atomic E-state index is 0.600. The number of hydrogen-bond acceptors (Lipinski definition) is 5. The van der Waals surface area contributed by atoms with Gasteiger partial charge in [-0.1, -0.05) is 121 Å². The number of rotatable bonds is 5. The Morgan fingerprint density at radius 2 is 1.18 bits per heavy atom. The van der Waals surface area contributed by atoms with Crippen molar-refractivity contribution >= 4 is 50.1 Å². The standard InChI is InChI=1S/C45H31N3O2/c1-3-12-28(13-4-1)29-22-24-31(25-23-29)44-46-43(30-14-5-2-6-15-30)47-45(48-44)41-33(26-27-39-40(41)36-17-8-10-21-38(36)49-39)35-19-11-18-34-32-16-7-9-20-37(32)50-42(34)35/h2-3,5-10,12-18,20-27H,1,4,11,19H2. The second kappa shape index (κ2) is 11.7. The molecule has 0 aliphatic heterocycles. The predicted octanol–water partition coefficient (Wildman–Crippen LogP) is 10.0. The molecule has 5 nitrogen and oxygen atoms in total. The molecular weight excluding hydrogens is 615 g/mol. The summed E-state index contributed by atoms with van der Waals surface area (Å²) < 4.78 is 13.1. The predicted molar refractivity (Wildman–Crippen MR) is 201 cm³/mol. The fourth-order valence-corrected chi connectivity index (χ4v) is 7.50. The van der Waals surface area contributed by atoms with E-state index in [9.17, 15) is 0 Å². The first-order valence-electron chi connectivity index (χ1n) is 17.2. The summed E-state index contributed by atoms with van der Waals surface area (Å²) in [6, 6.07) is 39.4. The maximum absolute atomic E-state index is 6.62. The fraction of sp³-hybridized carbons (Fsp3) is 0.0889. The second-order valence-electron chi connectivity index (χ2n) is 12.9. The van der Waals surface area contributed by atoms with Gasteiger partial charge in [0.05, 0.1) is 0 Å². The highest BCUT2D eigenvalue weighted by molar-refractivity contribution is 6.14. The Morgan fingerprint density at radius 1 is 0.500 bits per heavy atom. The van der Waals surface area contributed by atoms with E-state index in [1.54, 1.807) is 0 Å². The van der Waals surface area contributed by atoms with Gasteiger partial charge >= 0.3 is 0 Å². The van der Waals surface area contributed by atoms with E-state index >= 15 is 0 Å². The zero-order valence-corrected chi connectivity index (χ0v) is 27.3. The summed E-state index contributed by atoms with van der Waals surface area (Å²) in [6.07, 6.45) is 12.9. The lowest BCUT2D eigenvalue weighted by molar-refractivity contribution is 0.568. The van der Waals surface area contributed by atoms with Crippen molar-refractivity contribution in [1.82, 2.24) is 15.0 Å². The van der Waals surface area contributed by atoms with E-state index in [4.69, 9.17) is 23.8 Å². The number of furan rings is 2. The van der Waals surface area contributed by atoms with E-state index in [2.05, 4.69) is 97.1 Å². The second-order valence-corrected chi connectivity index (χ2v) is 12.9. The van der Waals surface area contributed by atoms with Crippen LogP contribution in [-0.2, 0) is 0 Å². The molecule has 0 saturated carbocycles. The zero-order chi connectivity index (χ0) is 33.0. The molecule has 0 amide bonds. The van der Waals surface area contributed by atoms with Crippen LogP contribution in [0.3, 0.4) is 0 Å². The van der Waals surface area contributed by atoms with Crippen molar-refractivity contribution in [2.24, 2.45) is 0 Å². The van der Waals surface area contributed by atoms with Gasteiger partial charge in [-0.2, -0.15) is 0 Å². The molecule has 0 bridgehead atoms. The highest BCUT2D eigenvalue weighted by atomic mass is 16.3. The minimum atomic E-state index is 0.600. The average molecular weight is 646 g/mol. The maximum atomic E-state index is 6.62. The molecule has 5 heteroatoms. The van der Waals surface area contributed by atoms with Gasteiger partial charge in [0, 0.05) is 43.6 Å². The van der Waals surface area contributed by atoms with Crippen LogP contribution in [0.15, 0.2) is 142 Å². The Labute approximate surface area is 288 Å². The maximum Gasteiger partial charge on any atom is 0.165 e. The van der Waals surface area contributed by atoms with Crippen LogP contribution < -0.4 is 10.6 Å². The van der Waals surface area contributed by atoms with Gasteiger partial charge in [0.25, 0.3) is 0 Å². The summed E-state index contributed by atoms with van der Waals surface area (Å²) in [5.74, 6) is 1.84. The van der Waals surface area contributed by atoms with E-state index < -0.39 is 0 Å². The lowest BCUT2D eigenvalue weighted by Crippen LogP contribution is -2.26. The average Bonchev–Trinajstić information content (AvgIpc) is 3.77. The highest BCUT2D eigenvalue weighted by Gasteiger charge is 2.25. The molecule has 5 aromatic carbocycles. The Bertz CT molecular complexity index is 2800. The van der Waals surface area contributed by atoms with E-state index in [0.29, 0.717) is 17.5 Å². The Kier molecular flexibility index (Phi) is 6.69. The third-order valence-electron chi connectivity index (χ3n) is 9.88. The summed E-state index contributed by atoms with van der Waals surface area (Å²) in [4.78, 5) is 15.6. The van der Waals surface area contributed by atoms with Gasteiger partial charge in [0.1, 0.15) is 22.2 Å². The smallest absolute Gasteiger partial charge is 0.165 e. The molecule has 3 heterocycles. The number of allylic oxidation sites excluding steroid dienone is 4. The molecule has 0 unspecified atom stereocenters. The third-order valence-corrected chi connectivity index (χ3v) is 9.88. The molecule has 2 aliphatic carbocycles. The van der Waals surface area contributed by atoms with E-state index in [1.165, 1.54) is 11.1 Å². The monoisotopic (exact) mass is 645 g/mol. The molecular formula is C45H31N3O2. The molecule has 0 N–H and O–H groups in total. The van der Waals surface area contributed by atoms with Crippen LogP contribution in [0.2, 0.25) is 0 Å². The van der Waals surface area contributed by atoms with Crippen molar-refractivity contribution in [3.8, 4) is 34.2 Å². The minimum Gasteiger partial charge on any atom is -0.456 e. The van der Waals surface area contributed by atoms with Crippen molar-refractivity contribution in [3.63, 3.8) is 0 Å². The van der Waals surface area contributed by atoms with Gasteiger partial charge in [0.15, 0.2) is 17.5 Å². The number of benzene rings is 5. The quantitative estimate of drug-likeness (QED) is 0.186. The Balaban J connectivity index is 1.27. The number of nitrogens with zero attached hydrogens (tertiary/aromatic N) is 3. The van der Waals surface area contributed by atoms with E-state index in [-0.39, 0.29) is 0 Å². The molecule has 3 aromatic heterocycles. The lowest BCUT2D eigenvalue weighted by Gasteiger charge is -2.16. The largest absolute Gasteiger partial charge is 0.456 e. The van der Waals surface area contributed by atoms with Crippen molar-refractivity contribution in [2.45, 2.75) is 25.7 Å². The number of para-hydroxylation sites is 2. The first-order chi connectivity index (χ1) is 24.8. The first kappa shape index (κ1) is 28.7. The summed E-state index contributed by atoms with van der Waals surface area (Å²) in [7, 11) is 0. The highest BCUT2D eigenvalue weighted by Crippen LogP contribution is 2.41. The molecule has 10 rings (SSSR count). The van der Waals surface area contributed by atoms with Crippen molar-refractivity contribution in [1.29, 1.82) is 0 Å². The van der Waals surface area contributed by atoms with Crippen molar-refractivity contribution < 1.29 is 8.83 Å². The SMILES string of the molecule is C1=CC(c2ccc(-c3nc(-c4ccccc4)nc(-c4c(C5=c6oc7ccccc7c6=CCC5)ccc5oc6ccccc6c45)n3)cc2)=CCC1. The van der Waals surface area contributed by atoms with Crippen LogP contribution in [0.1, 0.15) is 36.8 Å². The molecule has 238 valence electrons. The molecule has 0 fully saturated rings. The summed E-state index contributed by atoms with van der Waals surface area (Å²) in [5, 5.41) is 4.29. The summed E-state index contributed by atoms with van der Waals surface area (Å²) >= 11 is 0. The normalized spacial score (nSPS) is 14.2. The molecule has 0 radical (unpaired) electrons. The summed E-state index contributed by atoms with van der Waals surface area (Å²) in [6.45, 7) is 0. The molecule has 50 heavy (non-hydrogen) atoms. The van der Waals surface area contributed by atoms with Gasteiger partial charge in [-0.15, -0.1) is 0 Å². The Hall–Kier alpha value is -6.33. The van der Waals surface area contributed by atoms with Gasteiger partial charge < -0.3 is 8.83 Å². The third kappa shape index (κ3) is 4.73. The summed E-state index contributed by atoms with van der Waals surface area (Å²) in [5.41, 5.74) is 10.8. The number of fused-ring (bicyclic) bond motifs is 6. The fourth-order valence-electron chi connectivity index (χ4n) is 7.50. The number of hydrogen-bond donors (Lipinski definition) is 0. The van der Waals surface area contributed by atoms with E-state index in [1.807, 2.05) is 42.5 Å².